The molecule has 0 radical (unpaired) electrons. The molecule has 0 spiro atoms. The summed E-state index contributed by atoms with van der Waals surface area (Å²) >= 11 is 0. The first-order valence-corrected chi connectivity index (χ1v) is 6.79. The van der Waals surface area contributed by atoms with E-state index in [2.05, 4.69) is 5.32 Å². The van der Waals surface area contributed by atoms with Crippen LogP contribution in [0.3, 0.4) is 0 Å². The highest BCUT2D eigenvalue weighted by Gasteiger charge is 2.11. The summed E-state index contributed by atoms with van der Waals surface area (Å²) in [5, 5.41) is 2.96. The molecule has 0 aromatic heterocycles. The van der Waals surface area contributed by atoms with Crippen LogP contribution in [0.4, 0.5) is 11.4 Å². The number of rotatable bonds is 4. The Kier molecular flexibility index (Phi) is 4.48. The number of amides is 1. The fourth-order valence-electron chi connectivity index (χ4n) is 2.40. The van der Waals surface area contributed by atoms with Crippen molar-refractivity contribution in [1.82, 2.24) is 0 Å². The van der Waals surface area contributed by atoms with Crippen LogP contribution in [-0.2, 0) is 11.2 Å². The number of nitrogen functional groups attached to an aromatic ring is 1. The van der Waals surface area contributed by atoms with Crippen LogP contribution in [-0.4, -0.2) is 13.0 Å². The zero-order chi connectivity index (χ0) is 15.4. The number of methoxy groups -OCH3 is 1. The van der Waals surface area contributed by atoms with Gasteiger partial charge < -0.3 is 15.8 Å². The van der Waals surface area contributed by atoms with Crippen molar-refractivity contribution in [1.29, 1.82) is 0 Å². The number of benzene rings is 2. The predicted octanol–water partition coefficient (Wildman–Crippen LogP) is 3.08. The minimum atomic E-state index is -0.0736. The summed E-state index contributed by atoms with van der Waals surface area (Å²) in [5.41, 5.74) is 10.1. The third-order valence-electron chi connectivity index (χ3n) is 3.36. The van der Waals surface area contributed by atoms with Gasteiger partial charge in [-0.1, -0.05) is 18.2 Å². The molecule has 4 nitrogen and oxygen atoms in total. The number of nitrogens with two attached hydrogens (primary N) is 1. The maximum atomic E-state index is 12.2. The average Bonchev–Trinajstić information content (AvgIpc) is 2.43. The highest BCUT2D eigenvalue weighted by molar-refractivity contribution is 5.94. The number of hydrogen-bond acceptors (Lipinski definition) is 3. The summed E-state index contributed by atoms with van der Waals surface area (Å²) in [6.07, 6.45) is 0.271. The number of aryl methyl sites for hydroxylation is 2. The third kappa shape index (κ3) is 3.54. The van der Waals surface area contributed by atoms with Gasteiger partial charge in [-0.25, -0.2) is 0 Å². The number of anilines is 2. The van der Waals surface area contributed by atoms with Gasteiger partial charge in [-0.15, -0.1) is 0 Å². The van der Waals surface area contributed by atoms with Gasteiger partial charge in [-0.2, -0.15) is 0 Å². The van der Waals surface area contributed by atoms with Crippen LogP contribution in [0.2, 0.25) is 0 Å². The first-order chi connectivity index (χ1) is 10.0. The zero-order valence-electron chi connectivity index (χ0n) is 12.6. The SMILES string of the molecule is COc1ccccc1CC(=O)Nc1c(C)cc(N)cc1C. The molecular weight excluding hydrogens is 264 g/mol. The van der Waals surface area contributed by atoms with E-state index < -0.39 is 0 Å². The standard InChI is InChI=1S/C17H20N2O2/c1-11-8-14(18)9-12(2)17(11)19-16(20)10-13-6-4-5-7-15(13)21-3/h4-9H,10,18H2,1-3H3,(H,19,20). The van der Waals surface area contributed by atoms with Crippen molar-refractivity contribution in [2.24, 2.45) is 0 Å². The van der Waals surface area contributed by atoms with Gasteiger partial charge in [0.25, 0.3) is 0 Å². The van der Waals surface area contributed by atoms with Gasteiger partial charge in [0.2, 0.25) is 5.91 Å². The Morgan fingerprint density at radius 2 is 1.81 bits per heavy atom. The second-order valence-electron chi connectivity index (χ2n) is 5.07. The fraction of sp³-hybridized carbons (Fsp3) is 0.235. The van der Waals surface area contributed by atoms with Gasteiger partial charge in [0.15, 0.2) is 0 Å². The molecule has 0 saturated carbocycles. The van der Waals surface area contributed by atoms with Gasteiger partial charge in [-0.05, 0) is 43.2 Å². The maximum absolute atomic E-state index is 12.2. The molecular formula is C17H20N2O2. The monoisotopic (exact) mass is 284 g/mol. The minimum absolute atomic E-state index is 0.0736. The number of ether oxygens (including phenoxy) is 1. The van der Waals surface area contributed by atoms with Crippen molar-refractivity contribution >= 4 is 17.3 Å². The molecule has 110 valence electrons. The average molecular weight is 284 g/mol. The van der Waals surface area contributed by atoms with Gasteiger partial charge in [0, 0.05) is 16.9 Å². The number of para-hydroxylation sites is 1. The summed E-state index contributed by atoms with van der Waals surface area (Å²) < 4.78 is 5.26. The predicted molar refractivity (Wildman–Crippen MR) is 85.7 cm³/mol. The van der Waals surface area contributed by atoms with E-state index in [0.717, 1.165) is 28.1 Å². The van der Waals surface area contributed by atoms with Gasteiger partial charge in [0.05, 0.1) is 13.5 Å². The second kappa shape index (κ2) is 6.31. The lowest BCUT2D eigenvalue weighted by Gasteiger charge is -2.13. The summed E-state index contributed by atoms with van der Waals surface area (Å²) in [7, 11) is 1.60. The van der Waals surface area contributed by atoms with E-state index in [4.69, 9.17) is 10.5 Å². The maximum Gasteiger partial charge on any atom is 0.228 e. The van der Waals surface area contributed by atoms with E-state index >= 15 is 0 Å². The fourth-order valence-corrected chi connectivity index (χ4v) is 2.40. The van der Waals surface area contributed by atoms with Gasteiger partial charge in [-0.3, -0.25) is 4.79 Å². The van der Waals surface area contributed by atoms with Crippen molar-refractivity contribution in [3.63, 3.8) is 0 Å². The first-order valence-electron chi connectivity index (χ1n) is 6.79. The molecule has 2 aromatic carbocycles. The molecule has 0 aliphatic carbocycles. The van der Waals surface area contributed by atoms with Crippen LogP contribution >= 0.6 is 0 Å². The molecule has 0 atom stereocenters. The molecule has 0 aliphatic heterocycles. The molecule has 0 saturated heterocycles. The lowest BCUT2D eigenvalue weighted by atomic mass is 10.1. The van der Waals surface area contributed by atoms with Crippen LogP contribution < -0.4 is 15.8 Å². The Labute approximate surface area is 124 Å². The van der Waals surface area contributed by atoms with Crippen molar-refractivity contribution in [3.8, 4) is 5.75 Å². The molecule has 0 unspecified atom stereocenters. The minimum Gasteiger partial charge on any atom is -0.496 e. The Morgan fingerprint density at radius 1 is 1.19 bits per heavy atom. The molecule has 0 aliphatic rings. The van der Waals surface area contributed by atoms with Crippen LogP contribution in [0, 0.1) is 13.8 Å². The van der Waals surface area contributed by atoms with E-state index in [1.165, 1.54) is 0 Å². The molecule has 0 fully saturated rings. The smallest absolute Gasteiger partial charge is 0.228 e. The second-order valence-corrected chi connectivity index (χ2v) is 5.07. The Morgan fingerprint density at radius 3 is 2.43 bits per heavy atom. The van der Waals surface area contributed by atoms with Gasteiger partial charge in [0.1, 0.15) is 5.75 Å². The molecule has 1 amide bonds. The highest BCUT2D eigenvalue weighted by atomic mass is 16.5. The van der Waals surface area contributed by atoms with Crippen molar-refractivity contribution in [2.45, 2.75) is 20.3 Å². The topological polar surface area (TPSA) is 64.3 Å². The van der Waals surface area contributed by atoms with Crippen LogP contribution in [0.15, 0.2) is 36.4 Å². The van der Waals surface area contributed by atoms with Crippen LogP contribution in [0.25, 0.3) is 0 Å². The van der Waals surface area contributed by atoms with E-state index in [9.17, 15) is 4.79 Å². The molecule has 0 bridgehead atoms. The summed E-state index contributed by atoms with van der Waals surface area (Å²) in [4.78, 5) is 12.2. The van der Waals surface area contributed by atoms with E-state index in [1.807, 2.05) is 50.2 Å². The Hall–Kier alpha value is -2.49. The molecule has 2 aromatic rings. The third-order valence-corrected chi connectivity index (χ3v) is 3.36. The molecule has 0 heterocycles. The summed E-state index contributed by atoms with van der Waals surface area (Å²) in [6, 6.07) is 11.2. The Balaban J connectivity index is 2.16. The van der Waals surface area contributed by atoms with Crippen LogP contribution in [0.1, 0.15) is 16.7 Å². The van der Waals surface area contributed by atoms with Crippen molar-refractivity contribution in [2.75, 3.05) is 18.2 Å². The van der Waals surface area contributed by atoms with Crippen molar-refractivity contribution < 1.29 is 9.53 Å². The van der Waals surface area contributed by atoms with E-state index in [-0.39, 0.29) is 12.3 Å². The number of carbonyl (C=O) groups excluding carboxylic acids is 1. The summed E-state index contributed by atoms with van der Waals surface area (Å²) in [6.45, 7) is 3.87. The normalized spacial score (nSPS) is 10.2. The van der Waals surface area contributed by atoms with E-state index in [1.54, 1.807) is 7.11 Å². The lowest BCUT2D eigenvalue weighted by Crippen LogP contribution is -2.16. The zero-order valence-corrected chi connectivity index (χ0v) is 12.6. The highest BCUT2D eigenvalue weighted by Crippen LogP contribution is 2.24. The number of carbonyl (C=O) groups is 1. The first kappa shape index (κ1) is 14.9. The molecule has 4 heteroatoms. The summed E-state index contributed by atoms with van der Waals surface area (Å²) in [5.74, 6) is 0.647. The quantitative estimate of drug-likeness (QED) is 0.848. The number of hydrogen-bond donors (Lipinski definition) is 2. The molecule has 2 rings (SSSR count). The molecule has 3 N–H and O–H groups in total. The van der Waals surface area contributed by atoms with E-state index in [0.29, 0.717) is 5.69 Å². The van der Waals surface area contributed by atoms with Crippen LogP contribution in [0.5, 0.6) is 5.75 Å². The molecule has 21 heavy (non-hydrogen) atoms. The number of nitrogens with one attached hydrogen (secondary N) is 1. The van der Waals surface area contributed by atoms with Crippen molar-refractivity contribution in [3.05, 3.63) is 53.1 Å². The largest absolute Gasteiger partial charge is 0.496 e. The lowest BCUT2D eigenvalue weighted by molar-refractivity contribution is -0.115. The Bertz CT molecular complexity index is 643. The van der Waals surface area contributed by atoms with Gasteiger partial charge >= 0.3 is 0 Å².